The molecule has 1 aromatic carbocycles. The van der Waals surface area contributed by atoms with Gasteiger partial charge >= 0.3 is 0 Å². The van der Waals surface area contributed by atoms with Crippen molar-refractivity contribution in [1.82, 2.24) is 30.1 Å². The topological polar surface area (TPSA) is 130 Å². The zero-order valence-corrected chi connectivity index (χ0v) is 21.0. The van der Waals surface area contributed by atoms with E-state index in [-0.39, 0.29) is 39.9 Å². The highest BCUT2D eigenvalue weighted by Gasteiger charge is 2.23. The molecule has 0 radical (unpaired) electrons. The Hall–Kier alpha value is -4.26. The standard InChI is InChI=1S/C26H18BrF2N7O2/c27-14-5-7-20(31-11-14)24(37)25(38)21-8-6-15(12-32-21)33-26-34-22(16-3-1-2-4-18(16)28)23(35-36-26)17-9-10-30-13-19(17)29/h1-13,24-25,37-38H,(H,33,34,36). The molecule has 0 bridgehead atoms. The minimum atomic E-state index is -1.32. The average molecular weight is 578 g/mol. The number of halogens is 3. The van der Waals surface area contributed by atoms with Gasteiger partial charge in [0.2, 0.25) is 5.95 Å². The van der Waals surface area contributed by atoms with E-state index in [9.17, 15) is 19.0 Å². The van der Waals surface area contributed by atoms with Gasteiger partial charge in [-0.2, -0.15) is 0 Å². The van der Waals surface area contributed by atoms with Crippen LogP contribution in [-0.4, -0.2) is 40.3 Å². The van der Waals surface area contributed by atoms with Crippen molar-refractivity contribution >= 4 is 27.6 Å². The number of nitrogens with one attached hydrogen (secondary N) is 1. The predicted octanol–water partition coefficient (Wildman–Crippen LogP) is 4.94. The number of benzene rings is 1. The van der Waals surface area contributed by atoms with Crippen LogP contribution in [0.3, 0.4) is 0 Å². The monoisotopic (exact) mass is 577 g/mol. The molecule has 0 saturated heterocycles. The summed E-state index contributed by atoms with van der Waals surface area (Å²) in [4.78, 5) is 16.5. The molecule has 9 nitrogen and oxygen atoms in total. The van der Waals surface area contributed by atoms with E-state index < -0.39 is 23.8 Å². The zero-order chi connectivity index (χ0) is 26.6. The molecule has 5 rings (SSSR count). The van der Waals surface area contributed by atoms with Crippen LogP contribution < -0.4 is 5.32 Å². The van der Waals surface area contributed by atoms with Gasteiger partial charge in [0.15, 0.2) is 5.82 Å². The first kappa shape index (κ1) is 25.4. The van der Waals surface area contributed by atoms with E-state index in [1.165, 1.54) is 48.9 Å². The lowest BCUT2D eigenvalue weighted by molar-refractivity contribution is 0.0120. The quantitative estimate of drug-likeness (QED) is 0.246. The number of aromatic nitrogens is 6. The number of rotatable bonds is 7. The minimum absolute atomic E-state index is 0.00987. The fraction of sp³-hybridized carbons (Fsp3) is 0.0769. The van der Waals surface area contributed by atoms with E-state index in [2.05, 4.69) is 51.4 Å². The fourth-order valence-electron chi connectivity index (χ4n) is 3.64. The van der Waals surface area contributed by atoms with Gasteiger partial charge in [-0.05, 0) is 58.4 Å². The molecule has 5 aromatic rings. The third-order valence-corrected chi connectivity index (χ3v) is 6.01. The smallest absolute Gasteiger partial charge is 0.247 e. The third-order valence-electron chi connectivity index (χ3n) is 5.54. The maximum atomic E-state index is 14.7. The molecule has 0 spiro atoms. The Morgan fingerprint density at radius 3 is 2.11 bits per heavy atom. The number of hydrogen-bond acceptors (Lipinski definition) is 9. The normalized spacial score (nSPS) is 12.7. The van der Waals surface area contributed by atoms with Crippen LogP contribution in [0, 0.1) is 11.6 Å². The second kappa shape index (κ2) is 11.0. The lowest BCUT2D eigenvalue weighted by Gasteiger charge is -2.17. The molecule has 2 unspecified atom stereocenters. The third kappa shape index (κ3) is 5.37. The Morgan fingerprint density at radius 1 is 0.737 bits per heavy atom. The van der Waals surface area contributed by atoms with Gasteiger partial charge in [-0.25, -0.2) is 13.8 Å². The van der Waals surface area contributed by atoms with Crippen LogP contribution in [0.2, 0.25) is 0 Å². The van der Waals surface area contributed by atoms with Gasteiger partial charge in [0.05, 0.1) is 29.5 Å². The van der Waals surface area contributed by atoms with Crippen molar-refractivity contribution in [3.63, 3.8) is 0 Å². The number of hydrogen-bond donors (Lipinski definition) is 3. The van der Waals surface area contributed by atoms with Crippen molar-refractivity contribution < 1.29 is 19.0 Å². The van der Waals surface area contributed by atoms with Crippen LogP contribution in [0.25, 0.3) is 22.5 Å². The van der Waals surface area contributed by atoms with Gasteiger partial charge in [-0.15, -0.1) is 10.2 Å². The Morgan fingerprint density at radius 2 is 1.45 bits per heavy atom. The molecular formula is C26H18BrF2N7O2. The Balaban J connectivity index is 1.42. The van der Waals surface area contributed by atoms with E-state index in [0.717, 1.165) is 10.7 Å². The Bertz CT molecular complexity index is 1570. The van der Waals surface area contributed by atoms with Gasteiger partial charge in [0.1, 0.15) is 29.4 Å². The first-order chi connectivity index (χ1) is 18.4. The molecule has 0 fully saturated rings. The Labute approximate surface area is 223 Å². The van der Waals surface area contributed by atoms with Crippen LogP contribution in [0.5, 0.6) is 0 Å². The summed E-state index contributed by atoms with van der Waals surface area (Å²) < 4.78 is 29.9. The summed E-state index contributed by atoms with van der Waals surface area (Å²) in [7, 11) is 0. The lowest BCUT2D eigenvalue weighted by atomic mass is 10.0. The number of aliphatic hydroxyl groups excluding tert-OH is 2. The fourth-order valence-corrected chi connectivity index (χ4v) is 3.87. The highest BCUT2D eigenvalue weighted by atomic mass is 79.9. The minimum Gasteiger partial charge on any atom is -0.384 e. The molecule has 4 heterocycles. The van der Waals surface area contributed by atoms with E-state index in [1.807, 2.05) is 0 Å². The maximum absolute atomic E-state index is 14.7. The number of aliphatic hydroxyl groups is 2. The van der Waals surface area contributed by atoms with Crippen LogP contribution in [0.15, 0.2) is 83.9 Å². The second-order valence-electron chi connectivity index (χ2n) is 8.06. The molecule has 0 saturated carbocycles. The molecule has 2 atom stereocenters. The van der Waals surface area contributed by atoms with Crippen molar-refractivity contribution in [3.05, 3.63) is 107 Å². The molecule has 0 aliphatic carbocycles. The average Bonchev–Trinajstić information content (AvgIpc) is 2.94. The van der Waals surface area contributed by atoms with E-state index in [0.29, 0.717) is 5.69 Å². The van der Waals surface area contributed by atoms with Gasteiger partial charge in [0.25, 0.3) is 0 Å². The number of pyridine rings is 3. The molecule has 12 heteroatoms. The van der Waals surface area contributed by atoms with Crippen LogP contribution in [0.4, 0.5) is 20.4 Å². The molecule has 3 N–H and O–H groups in total. The molecule has 0 amide bonds. The molecular weight excluding hydrogens is 560 g/mol. The SMILES string of the molecule is OC(c1ccc(Br)cn1)C(O)c1ccc(Nc2nnc(-c3ccncc3F)c(-c3ccccc3F)n2)cn1. The van der Waals surface area contributed by atoms with E-state index >= 15 is 0 Å². The summed E-state index contributed by atoms with van der Waals surface area (Å²) in [6.07, 6.45) is 2.74. The van der Waals surface area contributed by atoms with Gasteiger partial charge in [0, 0.05) is 28.0 Å². The van der Waals surface area contributed by atoms with Crippen molar-refractivity contribution in [2.45, 2.75) is 12.2 Å². The van der Waals surface area contributed by atoms with Crippen molar-refractivity contribution in [2.75, 3.05) is 5.32 Å². The molecule has 0 aliphatic heterocycles. The summed E-state index contributed by atoms with van der Waals surface area (Å²) in [6.45, 7) is 0. The largest absolute Gasteiger partial charge is 0.384 e. The molecule has 4 aromatic heterocycles. The summed E-state index contributed by atoms with van der Waals surface area (Å²) in [5.41, 5.74) is 1.25. The van der Waals surface area contributed by atoms with Crippen LogP contribution >= 0.6 is 15.9 Å². The number of nitrogens with zero attached hydrogens (tertiary/aromatic N) is 6. The van der Waals surface area contributed by atoms with Crippen molar-refractivity contribution in [3.8, 4) is 22.5 Å². The second-order valence-corrected chi connectivity index (χ2v) is 8.97. The molecule has 190 valence electrons. The lowest BCUT2D eigenvalue weighted by Crippen LogP contribution is -2.13. The first-order valence-electron chi connectivity index (χ1n) is 11.2. The highest BCUT2D eigenvalue weighted by molar-refractivity contribution is 9.10. The van der Waals surface area contributed by atoms with Crippen molar-refractivity contribution in [2.24, 2.45) is 0 Å². The van der Waals surface area contributed by atoms with E-state index in [1.54, 1.807) is 24.3 Å². The predicted molar refractivity (Wildman–Crippen MR) is 138 cm³/mol. The molecule has 38 heavy (non-hydrogen) atoms. The van der Waals surface area contributed by atoms with Gasteiger partial charge < -0.3 is 15.5 Å². The van der Waals surface area contributed by atoms with E-state index in [4.69, 9.17) is 0 Å². The maximum Gasteiger partial charge on any atom is 0.247 e. The summed E-state index contributed by atoms with van der Waals surface area (Å²) >= 11 is 3.27. The summed E-state index contributed by atoms with van der Waals surface area (Å²) in [5, 5.41) is 32.1. The van der Waals surface area contributed by atoms with Crippen LogP contribution in [-0.2, 0) is 0 Å². The van der Waals surface area contributed by atoms with Crippen LogP contribution in [0.1, 0.15) is 23.6 Å². The van der Waals surface area contributed by atoms with Gasteiger partial charge in [-0.3, -0.25) is 15.0 Å². The molecule has 0 aliphatic rings. The van der Waals surface area contributed by atoms with Gasteiger partial charge in [-0.1, -0.05) is 12.1 Å². The highest BCUT2D eigenvalue weighted by Crippen LogP contribution is 2.32. The summed E-state index contributed by atoms with van der Waals surface area (Å²) in [6, 6.07) is 13.8. The first-order valence-corrected chi connectivity index (χ1v) is 12.0. The number of anilines is 2. The Kier molecular flexibility index (Phi) is 7.36. The zero-order valence-electron chi connectivity index (χ0n) is 19.4. The summed E-state index contributed by atoms with van der Waals surface area (Å²) in [5.74, 6) is -1.20. The van der Waals surface area contributed by atoms with Crippen molar-refractivity contribution in [1.29, 1.82) is 0 Å².